The van der Waals surface area contributed by atoms with Crippen molar-refractivity contribution in [3.63, 3.8) is 0 Å². The summed E-state index contributed by atoms with van der Waals surface area (Å²) in [6, 6.07) is 0.0958. The van der Waals surface area contributed by atoms with Gasteiger partial charge in [0.25, 0.3) is 0 Å². The van der Waals surface area contributed by atoms with Crippen molar-refractivity contribution in [2.24, 2.45) is 5.92 Å². The third-order valence-electron chi connectivity index (χ3n) is 3.57. The first-order valence-corrected chi connectivity index (χ1v) is 6.17. The van der Waals surface area contributed by atoms with E-state index in [1.165, 1.54) is 6.33 Å². The molecule has 0 aliphatic carbocycles. The number of nitrogens with one attached hydrogen (secondary N) is 1. The van der Waals surface area contributed by atoms with Gasteiger partial charge in [-0.2, -0.15) is 0 Å². The van der Waals surface area contributed by atoms with Crippen molar-refractivity contribution in [2.75, 3.05) is 37.5 Å². The molecule has 1 aromatic heterocycles. The quantitative estimate of drug-likeness (QED) is 0.823. The zero-order valence-corrected chi connectivity index (χ0v) is 11.1. The van der Waals surface area contributed by atoms with Gasteiger partial charge in [-0.1, -0.05) is 6.92 Å². The maximum absolute atomic E-state index is 9.52. The molecular formula is C12H20N4O2. The highest BCUT2D eigenvalue weighted by atomic mass is 16.5. The van der Waals surface area contributed by atoms with E-state index in [0.29, 0.717) is 17.5 Å². The molecule has 2 rings (SSSR count). The number of aliphatic hydroxyl groups is 1. The molecule has 2 atom stereocenters. The summed E-state index contributed by atoms with van der Waals surface area (Å²) >= 11 is 0. The second-order valence-corrected chi connectivity index (χ2v) is 4.54. The lowest BCUT2D eigenvalue weighted by atomic mass is 10.0. The number of methoxy groups -OCH3 is 1. The van der Waals surface area contributed by atoms with Crippen LogP contribution in [-0.4, -0.2) is 48.4 Å². The van der Waals surface area contributed by atoms with Crippen LogP contribution in [0.5, 0.6) is 5.75 Å². The van der Waals surface area contributed by atoms with Gasteiger partial charge in [0.2, 0.25) is 5.75 Å². The summed E-state index contributed by atoms with van der Waals surface area (Å²) < 4.78 is 5.40. The van der Waals surface area contributed by atoms with Crippen LogP contribution in [0.2, 0.25) is 0 Å². The van der Waals surface area contributed by atoms with Gasteiger partial charge < -0.3 is 20.1 Å². The molecule has 0 bridgehead atoms. The lowest BCUT2D eigenvalue weighted by Gasteiger charge is -2.27. The van der Waals surface area contributed by atoms with E-state index in [9.17, 15) is 5.11 Å². The van der Waals surface area contributed by atoms with Crippen molar-refractivity contribution >= 4 is 11.6 Å². The molecule has 100 valence electrons. The van der Waals surface area contributed by atoms with E-state index in [0.717, 1.165) is 18.8 Å². The number of aliphatic hydroxyl groups excluding tert-OH is 1. The maximum Gasteiger partial charge on any atom is 0.204 e. The van der Waals surface area contributed by atoms with E-state index in [2.05, 4.69) is 27.1 Å². The Kier molecular flexibility index (Phi) is 3.86. The minimum Gasteiger partial charge on any atom is -0.490 e. The Labute approximate surface area is 107 Å². The molecule has 0 amide bonds. The average Bonchev–Trinajstić information content (AvgIpc) is 2.78. The molecule has 1 aliphatic heterocycles. The Morgan fingerprint density at radius 3 is 2.94 bits per heavy atom. The van der Waals surface area contributed by atoms with Crippen LogP contribution in [-0.2, 0) is 0 Å². The number of nitrogens with zero attached hydrogens (tertiary/aromatic N) is 3. The average molecular weight is 252 g/mol. The summed E-state index contributed by atoms with van der Waals surface area (Å²) in [4.78, 5) is 10.5. The maximum atomic E-state index is 9.52. The summed E-state index contributed by atoms with van der Waals surface area (Å²) in [5, 5.41) is 12.5. The third-order valence-corrected chi connectivity index (χ3v) is 3.57. The van der Waals surface area contributed by atoms with Gasteiger partial charge in [0, 0.05) is 13.6 Å². The van der Waals surface area contributed by atoms with Crippen molar-refractivity contribution in [3.05, 3.63) is 6.33 Å². The number of ether oxygens (including phenoxy) is 1. The number of rotatable bonds is 4. The molecule has 2 heterocycles. The van der Waals surface area contributed by atoms with Crippen LogP contribution >= 0.6 is 0 Å². The van der Waals surface area contributed by atoms with Gasteiger partial charge in [-0.15, -0.1) is 0 Å². The lowest BCUT2D eigenvalue weighted by Crippen LogP contribution is -2.36. The predicted molar refractivity (Wildman–Crippen MR) is 70.1 cm³/mol. The molecule has 2 unspecified atom stereocenters. The summed E-state index contributed by atoms with van der Waals surface area (Å²) in [6.07, 6.45) is 2.56. The van der Waals surface area contributed by atoms with E-state index < -0.39 is 0 Å². The molecule has 0 saturated carbocycles. The van der Waals surface area contributed by atoms with E-state index >= 15 is 0 Å². The lowest BCUT2D eigenvalue weighted by molar-refractivity contribution is 0.244. The molecule has 2 N–H and O–H groups in total. The molecular weight excluding hydrogens is 232 g/mol. The van der Waals surface area contributed by atoms with E-state index in [1.807, 2.05) is 0 Å². The van der Waals surface area contributed by atoms with E-state index in [1.54, 1.807) is 14.2 Å². The van der Waals surface area contributed by atoms with E-state index in [4.69, 9.17) is 4.74 Å². The third kappa shape index (κ3) is 2.08. The first-order valence-electron chi connectivity index (χ1n) is 6.17. The molecule has 0 spiro atoms. The Morgan fingerprint density at radius 2 is 2.33 bits per heavy atom. The Bertz CT molecular complexity index is 413. The second kappa shape index (κ2) is 5.39. The van der Waals surface area contributed by atoms with Crippen molar-refractivity contribution in [1.82, 2.24) is 9.97 Å². The molecule has 0 radical (unpaired) electrons. The second-order valence-electron chi connectivity index (χ2n) is 4.54. The molecule has 0 aromatic carbocycles. The van der Waals surface area contributed by atoms with Crippen molar-refractivity contribution in [1.29, 1.82) is 0 Å². The predicted octanol–water partition coefficient (Wildman–Crippen LogP) is 0.734. The standard InChI is InChI=1S/C12H20N4O2/c1-8-4-5-16(9(8)6-17)12-10(18-3)11(13-2)14-7-15-12/h7-9,17H,4-6H2,1-3H3,(H,13,14,15). The number of anilines is 2. The number of hydrogen-bond acceptors (Lipinski definition) is 6. The largest absolute Gasteiger partial charge is 0.490 e. The molecule has 1 fully saturated rings. The summed E-state index contributed by atoms with van der Waals surface area (Å²) in [5.74, 6) is 2.50. The monoisotopic (exact) mass is 252 g/mol. The topological polar surface area (TPSA) is 70.5 Å². The van der Waals surface area contributed by atoms with Gasteiger partial charge >= 0.3 is 0 Å². The fraction of sp³-hybridized carbons (Fsp3) is 0.667. The van der Waals surface area contributed by atoms with Gasteiger partial charge in [-0.25, -0.2) is 9.97 Å². The molecule has 1 aromatic rings. The van der Waals surface area contributed by atoms with Gasteiger partial charge in [0.15, 0.2) is 11.6 Å². The van der Waals surface area contributed by atoms with Crippen molar-refractivity contribution in [2.45, 2.75) is 19.4 Å². The minimum atomic E-state index is 0.0958. The minimum absolute atomic E-state index is 0.0958. The smallest absolute Gasteiger partial charge is 0.204 e. The van der Waals surface area contributed by atoms with Gasteiger partial charge in [0.1, 0.15) is 6.33 Å². The van der Waals surface area contributed by atoms with Crippen LogP contribution in [0.3, 0.4) is 0 Å². The van der Waals surface area contributed by atoms with Crippen LogP contribution in [0.15, 0.2) is 6.33 Å². The Balaban J connectivity index is 2.38. The number of aromatic nitrogens is 2. The van der Waals surface area contributed by atoms with Crippen molar-refractivity contribution < 1.29 is 9.84 Å². The van der Waals surface area contributed by atoms with Gasteiger partial charge in [-0.3, -0.25) is 0 Å². The summed E-state index contributed by atoms with van der Waals surface area (Å²) in [6.45, 7) is 3.15. The molecule has 6 nitrogen and oxygen atoms in total. The fourth-order valence-electron chi connectivity index (χ4n) is 2.48. The zero-order chi connectivity index (χ0) is 13.1. The normalized spacial score (nSPS) is 23.2. The first-order chi connectivity index (χ1) is 8.72. The highest BCUT2D eigenvalue weighted by molar-refractivity contribution is 5.65. The molecule has 1 aliphatic rings. The van der Waals surface area contributed by atoms with Crippen LogP contribution in [0, 0.1) is 5.92 Å². The van der Waals surface area contributed by atoms with Gasteiger partial charge in [-0.05, 0) is 12.3 Å². The Morgan fingerprint density at radius 1 is 1.56 bits per heavy atom. The Hall–Kier alpha value is -1.56. The summed E-state index contributed by atoms with van der Waals surface area (Å²) in [7, 11) is 3.40. The fourth-order valence-corrected chi connectivity index (χ4v) is 2.48. The number of hydrogen-bond donors (Lipinski definition) is 2. The van der Waals surface area contributed by atoms with Crippen LogP contribution in [0.4, 0.5) is 11.6 Å². The van der Waals surface area contributed by atoms with Crippen LogP contribution in [0.25, 0.3) is 0 Å². The highest BCUT2D eigenvalue weighted by Gasteiger charge is 2.33. The SMILES string of the molecule is CNc1ncnc(N2CCC(C)C2CO)c1OC. The van der Waals surface area contributed by atoms with E-state index in [-0.39, 0.29) is 12.6 Å². The first kappa shape index (κ1) is 12.9. The molecule has 6 heteroatoms. The summed E-state index contributed by atoms with van der Waals surface area (Å²) in [5.41, 5.74) is 0. The van der Waals surface area contributed by atoms with Crippen LogP contribution in [0.1, 0.15) is 13.3 Å². The molecule has 18 heavy (non-hydrogen) atoms. The highest BCUT2D eigenvalue weighted by Crippen LogP contribution is 2.37. The van der Waals surface area contributed by atoms with Crippen molar-refractivity contribution in [3.8, 4) is 5.75 Å². The van der Waals surface area contributed by atoms with Gasteiger partial charge in [0.05, 0.1) is 19.8 Å². The van der Waals surface area contributed by atoms with Crippen LogP contribution < -0.4 is 15.0 Å². The zero-order valence-electron chi connectivity index (χ0n) is 11.1. The molecule has 1 saturated heterocycles.